The van der Waals surface area contributed by atoms with Crippen molar-refractivity contribution in [1.82, 2.24) is 4.58 Å². The third-order valence-electron chi connectivity index (χ3n) is 14.0. The number of hydrogen-bond acceptors (Lipinski definition) is 12. The van der Waals surface area contributed by atoms with E-state index in [2.05, 4.69) is 31.6 Å². The molecule has 0 bridgehead atoms. The first kappa shape index (κ1) is 50.6. The maximum atomic E-state index is 12.6. The Morgan fingerprint density at radius 3 is 1.99 bits per heavy atom. The third kappa shape index (κ3) is 11.2. The number of aryl methyl sites for hydroxylation is 2. The number of azide groups is 1. The number of rotatable bonds is 24. The Morgan fingerprint density at radius 2 is 1.29 bits per heavy atom. The monoisotopic (exact) mass is 1020 g/mol. The number of aliphatic carboxylic acids is 4. The summed E-state index contributed by atoms with van der Waals surface area (Å²) in [7, 11) is 0. The van der Waals surface area contributed by atoms with E-state index in [1.54, 1.807) is 12.1 Å². The van der Waals surface area contributed by atoms with Crippen molar-refractivity contribution in [2.45, 2.75) is 77.0 Å². The standard InChI is InChI=1S/C53H58ClN7O12/c54-34-13-14-42(40(25-34)60(28-45(62)63)29-46(64)65)71-21-22-72-44-27-43(70-20-4-2-1-3-15-56-57-55)37(26-41(44)61(30-47(66)67)31-48(68)69)49-38-23-32-9-5-16-58-18-7-11-35(50(32)58)52(38)73-53-36-12-8-19-59-17-6-10-33(51(36)59)24-39(49)53/h13-14,23-27H,1-12,15-22,28-31H2,(H3-,62,63,64,65,66,67,68,69)/p+1. The van der Waals surface area contributed by atoms with E-state index in [4.69, 9.17) is 36.1 Å². The molecule has 0 unspecified atom stereocenters. The Morgan fingerprint density at radius 1 is 0.671 bits per heavy atom. The lowest BCUT2D eigenvalue weighted by Crippen LogP contribution is -2.45. The molecule has 4 aromatic rings. The van der Waals surface area contributed by atoms with Gasteiger partial charge in [-0.15, -0.1) is 0 Å². The van der Waals surface area contributed by atoms with Gasteiger partial charge in [0.25, 0.3) is 0 Å². The fraction of sp³-hybridized carbons (Fsp3) is 0.453. The van der Waals surface area contributed by atoms with E-state index in [9.17, 15) is 39.6 Å². The molecule has 0 saturated carbocycles. The van der Waals surface area contributed by atoms with E-state index in [-0.39, 0.29) is 47.7 Å². The Labute approximate surface area is 426 Å². The first-order valence-electron chi connectivity index (χ1n) is 25.1. The Hall–Kier alpha value is -7.37. The van der Waals surface area contributed by atoms with Gasteiger partial charge in [-0.25, -0.2) is 4.58 Å². The zero-order valence-corrected chi connectivity index (χ0v) is 41.3. The van der Waals surface area contributed by atoms with Gasteiger partial charge in [0, 0.05) is 87.2 Å². The van der Waals surface area contributed by atoms with Crippen LogP contribution in [0, 0.1) is 0 Å². The van der Waals surface area contributed by atoms with Crippen molar-refractivity contribution in [3.8, 4) is 28.7 Å². The summed E-state index contributed by atoms with van der Waals surface area (Å²) < 4.78 is 29.2. The van der Waals surface area contributed by atoms with Crippen LogP contribution in [0.2, 0.25) is 5.02 Å². The lowest BCUT2D eigenvalue weighted by molar-refractivity contribution is -0.138. The van der Waals surface area contributed by atoms with Crippen LogP contribution in [0.5, 0.6) is 28.7 Å². The number of hydrogen-bond donors (Lipinski definition) is 4. The first-order valence-corrected chi connectivity index (χ1v) is 25.4. The van der Waals surface area contributed by atoms with Gasteiger partial charge < -0.3 is 54.1 Å². The Bertz CT molecular complexity index is 2990. The lowest BCUT2D eigenvalue weighted by Gasteiger charge is -2.39. The molecule has 0 saturated heterocycles. The highest BCUT2D eigenvalue weighted by molar-refractivity contribution is 6.31. The fourth-order valence-electron chi connectivity index (χ4n) is 11.2. The first-order chi connectivity index (χ1) is 35.4. The van der Waals surface area contributed by atoms with Crippen LogP contribution in [0.3, 0.4) is 0 Å². The normalized spacial score (nSPS) is 14.8. The molecule has 9 rings (SSSR count). The van der Waals surface area contributed by atoms with E-state index in [0.717, 1.165) is 130 Å². The van der Waals surface area contributed by atoms with Crippen molar-refractivity contribution in [3.05, 3.63) is 102 Å². The maximum Gasteiger partial charge on any atom is 0.323 e. The summed E-state index contributed by atoms with van der Waals surface area (Å²) in [6, 6.07) is 12.4. The second-order valence-corrected chi connectivity index (χ2v) is 19.4. The Kier molecular flexibility index (Phi) is 15.6. The maximum absolute atomic E-state index is 12.6. The largest absolute Gasteiger partial charge is 0.493 e. The molecule has 0 amide bonds. The minimum atomic E-state index is -1.27. The number of benzene rings is 4. The third-order valence-corrected chi connectivity index (χ3v) is 14.2. The quantitative estimate of drug-likeness (QED) is 0.0171. The summed E-state index contributed by atoms with van der Waals surface area (Å²) in [5.74, 6) is -2.80. The van der Waals surface area contributed by atoms with Crippen molar-refractivity contribution in [2.75, 3.05) is 93.4 Å². The van der Waals surface area contributed by atoms with E-state index in [0.29, 0.717) is 24.3 Å². The van der Waals surface area contributed by atoms with Gasteiger partial charge in [0.05, 0.1) is 23.5 Å². The Balaban J connectivity index is 1.20. The molecular formula is C53H59ClN7O12+. The molecule has 4 aromatic carbocycles. The summed E-state index contributed by atoms with van der Waals surface area (Å²) in [6.45, 7) is 1.54. The van der Waals surface area contributed by atoms with Crippen LogP contribution < -0.4 is 48.8 Å². The van der Waals surface area contributed by atoms with Crippen molar-refractivity contribution < 1.29 is 58.6 Å². The molecule has 0 aromatic heterocycles. The number of unbranched alkanes of at least 4 members (excludes halogenated alkanes) is 3. The van der Waals surface area contributed by atoms with Crippen LogP contribution in [0.1, 0.15) is 84.7 Å². The van der Waals surface area contributed by atoms with Gasteiger partial charge in [0.15, 0.2) is 0 Å². The number of halogens is 1. The zero-order chi connectivity index (χ0) is 51.2. The summed E-state index contributed by atoms with van der Waals surface area (Å²) in [5.41, 5.74) is 17.5. The number of nitrogens with zero attached hydrogens (tertiary/aromatic N) is 7. The summed E-state index contributed by atoms with van der Waals surface area (Å²) in [6.07, 6.45) is 10.4. The van der Waals surface area contributed by atoms with Crippen LogP contribution in [0.15, 0.2) is 47.6 Å². The van der Waals surface area contributed by atoms with E-state index in [1.165, 1.54) is 56.4 Å². The molecule has 384 valence electrons. The van der Waals surface area contributed by atoms with Gasteiger partial charge in [-0.3, -0.25) is 19.2 Å². The van der Waals surface area contributed by atoms with Crippen molar-refractivity contribution in [2.24, 2.45) is 5.11 Å². The molecule has 0 spiro atoms. The molecule has 73 heavy (non-hydrogen) atoms. The average Bonchev–Trinajstić information content (AvgIpc) is 3.35. The predicted molar refractivity (Wildman–Crippen MR) is 272 cm³/mol. The molecule has 0 radical (unpaired) electrons. The van der Waals surface area contributed by atoms with Crippen LogP contribution in [-0.2, 0) is 44.9 Å². The second kappa shape index (κ2) is 22.6. The van der Waals surface area contributed by atoms with Crippen molar-refractivity contribution >= 4 is 58.1 Å². The molecular weight excluding hydrogens is 962 g/mol. The highest BCUT2D eigenvalue weighted by Gasteiger charge is 2.37. The highest BCUT2D eigenvalue weighted by atomic mass is 35.5. The second-order valence-electron chi connectivity index (χ2n) is 19.0. The molecule has 0 aliphatic carbocycles. The SMILES string of the molecule is [N-]=[N+]=NCCCCCCOc1cc(OCCOc2ccc(Cl)cc2N(CC(=O)O)CC(=O)O)c(N(CC(=O)O)CC(=O)O)cc1C1=c2cc3c4c(c2Oc2c1cc1c5c2CCCN5CCC1)CCC[N+]=4CCC3. The van der Waals surface area contributed by atoms with Crippen LogP contribution >= 0.6 is 11.6 Å². The molecule has 0 atom stereocenters. The van der Waals surface area contributed by atoms with Gasteiger partial charge in [-0.2, -0.15) is 0 Å². The van der Waals surface area contributed by atoms with E-state index in [1.807, 2.05) is 0 Å². The minimum absolute atomic E-state index is 0.120. The zero-order valence-electron chi connectivity index (χ0n) is 40.6. The predicted octanol–water partition coefficient (Wildman–Crippen LogP) is 6.43. The van der Waals surface area contributed by atoms with Crippen molar-refractivity contribution in [1.29, 1.82) is 0 Å². The lowest BCUT2D eigenvalue weighted by atomic mass is 9.82. The summed E-state index contributed by atoms with van der Waals surface area (Å²) >= 11 is 6.29. The average molecular weight is 1020 g/mol. The van der Waals surface area contributed by atoms with Gasteiger partial charge >= 0.3 is 23.9 Å². The van der Waals surface area contributed by atoms with Gasteiger partial charge in [0.1, 0.15) is 81.2 Å². The summed E-state index contributed by atoms with van der Waals surface area (Å²) in [4.78, 5) is 56.5. The highest BCUT2D eigenvalue weighted by Crippen LogP contribution is 2.51. The number of anilines is 3. The molecule has 0 fully saturated rings. The van der Waals surface area contributed by atoms with Crippen LogP contribution in [0.4, 0.5) is 17.1 Å². The minimum Gasteiger partial charge on any atom is -0.493 e. The van der Waals surface area contributed by atoms with Crippen LogP contribution in [-0.4, -0.2) is 123 Å². The van der Waals surface area contributed by atoms with E-state index >= 15 is 0 Å². The van der Waals surface area contributed by atoms with Gasteiger partial charge in [-0.1, -0.05) is 29.6 Å². The number of fused-ring (bicyclic) bond motifs is 4. The molecule has 20 heteroatoms. The number of carboxylic acids is 4. The van der Waals surface area contributed by atoms with Gasteiger partial charge in [0.2, 0.25) is 5.36 Å². The number of ether oxygens (including phenoxy) is 4. The molecule has 19 nitrogen and oxygen atoms in total. The molecule has 4 N–H and O–H groups in total. The molecule has 5 heterocycles. The smallest absolute Gasteiger partial charge is 0.323 e. The molecule has 5 aliphatic rings. The fourth-order valence-corrected chi connectivity index (χ4v) is 11.3. The number of carbonyl (C=O) groups is 4. The molecule has 5 aliphatic heterocycles. The summed E-state index contributed by atoms with van der Waals surface area (Å²) in [5, 5.41) is 45.8. The van der Waals surface area contributed by atoms with Crippen molar-refractivity contribution in [3.63, 3.8) is 0 Å². The number of carboxylic acid groups (broad SMARTS) is 4. The van der Waals surface area contributed by atoms with E-state index < -0.39 is 50.1 Å². The van der Waals surface area contributed by atoms with Crippen LogP contribution in [0.25, 0.3) is 16.0 Å². The van der Waals surface area contributed by atoms with Gasteiger partial charge in [-0.05, 0) is 98.9 Å². The topological polar surface area (TPSA) is 248 Å².